The minimum absolute atomic E-state index is 0.165. The van der Waals surface area contributed by atoms with Crippen LogP contribution >= 0.6 is 0 Å². The molecule has 4 rings (SSSR count). The van der Waals surface area contributed by atoms with Crippen LogP contribution in [0.3, 0.4) is 0 Å². The van der Waals surface area contributed by atoms with E-state index in [0.29, 0.717) is 11.3 Å². The van der Waals surface area contributed by atoms with Gasteiger partial charge in [0.2, 0.25) is 0 Å². The minimum Gasteiger partial charge on any atom is -0.370 e. The van der Waals surface area contributed by atoms with Crippen molar-refractivity contribution in [2.75, 3.05) is 6.61 Å². The summed E-state index contributed by atoms with van der Waals surface area (Å²) >= 11 is 0. The van der Waals surface area contributed by atoms with Gasteiger partial charge in [0, 0.05) is 5.41 Å². The van der Waals surface area contributed by atoms with E-state index in [1.807, 2.05) is 0 Å². The second kappa shape index (κ2) is 4.21. The molecular formula is C19H24O. The van der Waals surface area contributed by atoms with Gasteiger partial charge in [0.1, 0.15) is 0 Å². The van der Waals surface area contributed by atoms with Crippen LogP contribution in [0.2, 0.25) is 0 Å². The fourth-order valence-electron chi connectivity index (χ4n) is 5.49. The zero-order valence-electron chi connectivity index (χ0n) is 12.4. The van der Waals surface area contributed by atoms with Crippen LogP contribution in [0.1, 0.15) is 38.2 Å². The summed E-state index contributed by atoms with van der Waals surface area (Å²) in [5.41, 5.74) is 3.31. The number of hydrogen-bond acceptors (Lipinski definition) is 1. The van der Waals surface area contributed by atoms with E-state index < -0.39 is 0 Å². The van der Waals surface area contributed by atoms with Crippen LogP contribution in [-0.2, 0) is 11.2 Å². The van der Waals surface area contributed by atoms with Crippen molar-refractivity contribution < 1.29 is 4.74 Å². The first kappa shape index (κ1) is 12.6. The Kier molecular flexibility index (Phi) is 2.66. The Bertz CT molecular complexity index is 534. The van der Waals surface area contributed by atoms with E-state index in [0.717, 1.165) is 12.5 Å². The Hall–Kier alpha value is -1.08. The fourth-order valence-corrected chi connectivity index (χ4v) is 5.49. The zero-order valence-corrected chi connectivity index (χ0v) is 12.4. The van der Waals surface area contributed by atoms with Crippen molar-refractivity contribution in [3.8, 4) is 0 Å². The Morgan fingerprint density at radius 2 is 1.95 bits per heavy atom. The van der Waals surface area contributed by atoms with Gasteiger partial charge >= 0.3 is 0 Å². The van der Waals surface area contributed by atoms with Gasteiger partial charge in [-0.05, 0) is 55.1 Å². The van der Waals surface area contributed by atoms with E-state index >= 15 is 0 Å². The highest BCUT2D eigenvalue weighted by Crippen LogP contribution is 2.68. The predicted molar refractivity (Wildman–Crippen MR) is 81.5 cm³/mol. The van der Waals surface area contributed by atoms with E-state index in [2.05, 4.69) is 43.8 Å². The molecule has 20 heavy (non-hydrogen) atoms. The molecule has 3 aliphatic rings. The summed E-state index contributed by atoms with van der Waals surface area (Å²) in [5, 5.41) is 0. The predicted octanol–water partition coefficient (Wildman–Crippen LogP) is 4.38. The SMILES string of the molecule is C=C1CO[C@]23CC[C@H](Cc4ccccc4)[C@@]2(C)[C@H]1CC3. The van der Waals surface area contributed by atoms with Crippen LogP contribution in [0.4, 0.5) is 0 Å². The standard InChI is InChI=1S/C19H24O/c1-14-13-20-19-10-8-16(12-15-6-4-3-5-7-15)18(19,2)17(14)9-11-19/h3-7,16-17H,1,8-13H2,2H3/t16-,17+,18+,19+/m1/s1. The van der Waals surface area contributed by atoms with Gasteiger partial charge in [0.25, 0.3) is 0 Å². The average Bonchev–Trinajstić information content (AvgIpc) is 2.82. The maximum Gasteiger partial charge on any atom is 0.0749 e. The summed E-state index contributed by atoms with van der Waals surface area (Å²) in [4.78, 5) is 0. The smallest absolute Gasteiger partial charge is 0.0749 e. The largest absolute Gasteiger partial charge is 0.370 e. The zero-order chi connectivity index (χ0) is 13.8. The number of benzene rings is 1. The maximum absolute atomic E-state index is 6.36. The van der Waals surface area contributed by atoms with Gasteiger partial charge in [-0.25, -0.2) is 0 Å². The minimum atomic E-state index is 0.165. The Morgan fingerprint density at radius 3 is 2.75 bits per heavy atom. The molecule has 2 saturated carbocycles. The normalized spacial score (nSPS) is 42.8. The van der Waals surface area contributed by atoms with Gasteiger partial charge in [-0.15, -0.1) is 0 Å². The molecule has 1 heterocycles. The number of rotatable bonds is 2. The summed E-state index contributed by atoms with van der Waals surface area (Å²) in [7, 11) is 0. The first-order valence-corrected chi connectivity index (χ1v) is 8.01. The molecule has 0 amide bonds. The van der Waals surface area contributed by atoms with Crippen molar-refractivity contribution in [3.63, 3.8) is 0 Å². The molecule has 3 fully saturated rings. The topological polar surface area (TPSA) is 9.23 Å². The molecule has 0 radical (unpaired) electrons. The van der Waals surface area contributed by atoms with Crippen molar-refractivity contribution in [2.24, 2.45) is 17.3 Å². The summed E-state index contributed by atoms with van der Waals surface area (Å²) in [6, 6.07) is 11.0. The second-order valence-corrected chi connectivity index (χ2v) is 7.24. The number of ether oxygens (including phenoxy) is 1. The molecule has 1 heteroatoms. The molecule has 2 bridgehead atoms. The molecule has 1 nitrogen and oxygen atoms in total. The van der Waals surface area contributed by atoms with Gasteiger partial charge in [-0.3, -0.25) is 0 Å². The summed E-state index contributed by atoms with van der Waals surface area (Å²) < 4.78 is 6.36. The molecule has 2 aliphatic carbocycles. The average molecular weight is 268 g/mol. The van der Waals surface area contributed by atoms with Gasteiger partial charge < -0.3 is 4.74 Å². The molecular weight excluding hydrogens is 244 g/mol. The lowest BCUT2D eigenvalue weighted by molar-refractivity contribution is -0.129. The van der Waals surface area contributed by atoms with Gasteiger partial charge in [-0.2, -0.15) is 0 Å². The number of hydrogen-bond donors (Lipinski definition) is 0. The molecule has 0 spiro atoms. The van der Waals surface area contributed by atoms with Crippen molar-refractivity contribution >= 4 is 0 Å². The molecule has 0 N–H and O–H groups in total. The molecule has 4 atom stereocenters. The third kappa shape index (κ3) is 1.47. The third-order valence-corrected chi connectivity index (χ3v) is 6.64. The highest BCUT2D eigenvalue weighted by atomic mass is 16.5. The molecule has 1 aromatic carbocycles. The first-order valence-electron chi connectivity index (χ1n) is 8.01. The van der Waals surface area contributed by atoms with E-state index in [-0.39, 0.29) is 5.60 Å². The lowest BCUT2D eigenvalue weighted by Crippen LogP contribution is -2.50. The van der Waals surface area contributed by atoms with Crippen LogP contribution in [0, 0.1) is 17.3 Å². The summed E-state index contributed by atoms with van der Waals surface area (Å²) in [6.45, 7) is 7.61. The van der Waals surface area contributed by atoms with Crippen molar-refractivity contribution in [2.45, 2.75) is 44.6 Å². The van der Waals surface area contributed by atoms with E-state index in [9.17, 15) is 0 Å². The van der Waals surface area contributed by atoms with Gasteiger partial charge in [-0.1, -0.05) is 43.8 Å². The molecule has 1 aromatic rings. The first-order chi connectivity index (χ1) is 9.66. The van der Waals surface area contributed by atoms with Gasteiger partial charge in [0.05, 0.1) is 12.2 Å². The lowest BCUT2D eigenvalue weighted by atomic mass is 9.63. The van der Waals surface area contributed by atoms with Crippen LogP contribution in [0.5, 0.6) is 0 Å². The molecule has 1 aliphatic heterocycles. The molecule has 0 aromatic heterocycles. The monoisotopic (exact) mass is 268 g/mol. The maximum atomic E-state index is 6.36. The van der Waals surface area contributed by atoms with Crippen molar-refractivity contribution in [3.05, 3.63) is 48.0 Å². The summed E-state index contributed by atoms with van der Waals surface area (Å²) in [5.74, 6) is 1.43. The quantitative estimate of drug-likeness (QED) is 0.723. The Morgan fingerprint density at radius 1 is 1.20 bits per heavy atom. The highest BCUT2D eigenvalue weighted by Gasteiger charge is 2.67. The van der Waals surface area contributed by atoms with Crippen molar-refractivity contribution in [1.29, 1.82) is 0 Å². The van der Waals surface area contributed by atoms with E-state index in [4.69, 9.17) is 4.74 Å². The van der Waals surface area contributed by atoms with Crippen LogP contribution in [-0.4, -0.2) is 12.2 Å². The Labute approximate surface area is 122 Å². The molecule has 1 saturated heterocycles. The highest BCUT2D eigenvalue weighted by molar-refractivity contribution is 5.27. The van der Waals surface area contributed by atoms with E-state index in [1.54, 1.807) is 0 Å². The fraction of sp³-hybridized carbons (Fsp3) is 0.579. The Balaban J connectivity index is 1.68. The van der Waals surface area contributed by atoms with Crippen LogP contribution in [0.25, 0.3) is 0 Å². The van der Waals surface area contributed by atoms with Crippen LogP contribution < -0.4 is 0 Å². The van der Waals surface area contributed by atoms with Crippen LogP contribution in [0.15, 0.2) is 42.5 Å². The lowest BCUT2D eigenvalue weighted by Gasteiger charge is -2.49. The van der Waals surface area contributed by atoms with E-state index in [1.165, 1.54) is 43.2 Å². The third-order valence-electron chi connectivity index (χ3n) is 6.64. The van der Waals surface area contributed by atoms with Crippen molar-refractivity contribution in [1.82, 2.24) is 0 Å². The summed E-state index contributed by atoms with van der Waals surface area (Å²) in [6.07, 6.45) is 6.31. The molecule has 0 unspecified atom stereocenters. The second-order valence-electron chi connectivity index (χ2n) is 7.24. The molecule has 106 valence electrons. The van der Waals surface area contributed by atoms with Gasteiger partial charge in [0.15, 0.2) is 0 Å².